The number of nitrogens with one attached hydrogen (secondary N) is 2. The lowest BCUT2D eigenvalue weighted by Gasteiger charge is -2.09. The number of nitrogens with zero attached hydrogens (tertiary/aromatic N) is 1. The summed E-state index contributed by atoms with van der Waals surface area (Å²) in [6.07, 6.45) is 0. The van der Waals surface area contributed by atoms with E-state index < -0.39 is 23.1 Å². The first-order valence-corrected chi connectivity index (χ1v) is 9.00. The minimum atomic E-state index is -0.599. The fraction of sp³-hybridized carbons (Fsp3) is 0. The van der Waals surface area contributed by atoms with Gasteiger partial charge in [-0.1, -0.05) is 18.2 Å². The van der Waals surface area contributed by atoms with E-state index in [0.29, 0.717) is 16.9 Å². The number of hydrogen-bond acceptors (Lipinski definition) is 4. The van der Waals surface area contributed by atoms with E-state index in [-0.39, 0.29) is 16.5 Å². The van der Waals surface area contributed by atoms with E-state index in [1.54, 1.807) is 42.5 Å². The smallest absolute Gasteiger partial charge is 0.333 e. The zero-order valence-electron chi connectivity index (χ0n) is 15.6. The van der Waals surface area contributed by atoms with Crippen LogP contribution in [-0.2, 0) is 0 Å². The van der Waals surface area contributed by atoms with E-state index in [1.807, 2.05) is 0 Å². The Labute approximate surface area is 169 Å². The molecule has 8 heteroatoms. The molecule has 0 saturated heterocycles. The monoisotopic (exact) mass is 400 g/mol. The first kappa shape index (κ1) is 18.9. The fourth-order valence-corrected chi connectivity index (χ4v) is 3.09. The van der Waals surface area contributed by atoms with Gasteiger partial charge in [0, 0.05) is 16.8 Å². The van der Waals surface area contributed by atoms with Gasteiger partial charge in [-0.2, -0.15) is 0 Å². The molecule has 3 aromatic carbocycles. The lowest BCUT2D eigenvalue weighted by atomic mass is 10.1. The molecule has 0 bridgehead atoms. The molecule has 4 aromatic rings. The van der Waals surface area contributed by atoms with Crippen molar-refractivity contribution in [1.29, 1.82) is 0 Å². The van der Waals surface area contributed by atoms with Crippen molar-refractivity contribution in [2.24, 2.45) is 5.73 Å². The SMILES string of the molecule is NC(=O)c1ccc(NC(=O)c2ccc3c(=O)n(-c4ccccc4)c(=O)[nH]c3c2)cc1. The number of amides is 2. The summed E-state index contributed by atoms with van der Waals surface area (Å²) in [5.74, 6) is -0.996. The van der Waals surface area contributed by atoms with Crippen molar-refractivity contribution in [2.75, 3.05) is 5.32 Å². The van der Waals surface area contributed by atoms with E-state index in [9.17, 15) is 19.2 Å². The predicted octanol–water partition coefficient (Wildman–Crippen LogP) is 2.03. The van der Waals surface area contributed by atoms with Gasteiger partial charge in [0.15, 0.2) is 0 Å². The van der Waals surface area contributed by atoms with Crippen LogP contribution in [0.2, 0.25) is 0 Å². The molecule has 0 atom stereocenters. The van der Waals surface area contributed by atoms with Gasteiger partial charge in [0.1, 0.15) is 0 Å². The van der Waals surface area contributed by atoms with Crippen molar-refractivity contribution in [1.82, 2.24) is 9.55 Å². The van der Waals surface area contributed by atoms with Gasteiger partial charge in [-0.3, -0.25) is 14.4 Å². The molecule has 148 valence electrons. The topological polar surface area (TPSA) is 127 Å². The molecule has 1 heterocycles. The molecule has 30 heavy (non-hydrogen) atoms. The van der Waals surface area contributed by atoms with Crippen molar-refractivity contribution in [2.45, 2.75) is 0 Å². The summed E-state index contributed by atoms with van der Waals surface area (Å²) >= 11 is 0. The Hall–Kier alpha value is -4.46. The highest BCUT2D eigenvalue weighted by atomic mass is 16.2. The maximum Gasteiger partial charge on any atom is 0.333 e. The third-order valence-corrected chi connectivity index (χ3v) is 4.60. The third kappa shape index (κ3) is 3.49. The van der Waals surface area contributed by atoms with E-state index in [4.69, 9.17) is 5.73 Å². The highest BCUT2D eigenvalue weighted by molar-refractivity contribution is 6.06. The van der Waals surface area contributed by atoms with Crippen LogP contribution < -0.4 is 22.3 Å². The molecular weight excluding hydrogens is 384 g/mol. The average Bonchev–Trinajstić information content (AvgIpc) is 2.74. The van der Waals surface area contributed by atoms with Crippen LogP contribution >= 0.6 is 0 Å². The van der Waals surface area contributed by atoms with E-state index >= 15 is 0 Å². The standard InChI is InChI=1S/C22H16N4O4/c23-19(27)13-6-9-15(10-7-13)24-20(28)14-8-11-17-18(12-14)25-22(30)26(21(17)29)16-4-2-1-3-5-16/h1-12H,(H2,23,27)(H,24,28)(H,25,30). The molecular formula is C22H16N4O4. The van der Waals surface area contributed by atoms with Crippen molar-refractivity contribution in [3.63, 3.8) is 0 Å². The number of fused-ring (bicyclic) bond motifs is 1. The zero-order valence-corrected chi connectivity index (χ0v) is 15.6. The molecule has 4 rings (SSSR count). The van der Waals surface area contributed by atoms with Gasteiger partial charge in [-0.05, 0) is 54.6 Å². The van der Waals surface area contributed by atoms with Gasteiger partial charge in [-0.25, -0.2) is 9.36 Å². The summed E-state index contributed by atoms with van der Waals surface area (Å²) in [5.41, 5.74) is 5.88. The Bertz CT molecular complexity index is 1390. The van der Waals surface area contributed by atoms with Crippen LogP contribution in [-0.4, -0.2) is 21.4 Å². The number of carbonyl (C=O) groups is 2. The second-order valence-corrected chi connectivity index (χ2v) is 6.56. The number of para-hydroxylation sites is 1. The molecule has 0 saturated carbocycles. The Morgan fingerprint density at radius 2 is 1.53 bits per heavy atom. The summed E-state index contributed by atoms with van der Waals surface area (Å²) < 4.78 is 1.04. The number of nitrogens with two attached hydrogens (primary N) is 1. The lowest BCUT2D eigenvalue weighted by molar-refractivity contribution is 0.0998. The Kier molecular flexibility index (Phi) is 4.73. The van der Waals surface area contributed by atoms with Gasteiger partial charge in [0.05, 0.1) is 16.6 Å². The number of anilines is 1. The quantitative estimate of drug-likeness (QED) is 0.484. The largest absolute Gasteiger partial charge is 0.366 e. The van der Waals surface area contributed by atoms with Crippen molar-refractivity contribution < 1.29 is 9.59 Å². The van der Waals surface area contributed by atoms with E-state index in [1.165, 1.54) is 30.3 Å². The second kappa shape index (κ2) is 7.51. The lowest BCUT2D eigenvalue weighted by Crippen LogP contribution is -2.33. The summed E-state index contributed by atoms with van der Waals surface area (Å²) in [7, 11) is 0. The molecule has 0 aliphatic rings. The Morgan fingerprint density at radius 3 is 2.20 bits per heavy atom. The van der Waals surface area contributed by atoms with Gasteiger partial charge < -0.3 is 16.0 Å². The summed E-state index contributed by atoms with van der Waals surface area (Å²) in [4.78, 5) is 51.6. The van der Waals surface area contributed by atoms with Crippen LogP contribution in [0.4, 0.5) is 5.69 Å². The number of carbonyl (C=O) groups excluding carboxylic acids is 2. The van der Waals surface area contributed by atoms with Crippen LogP contribution in [0.3, 0.4) is 0 Å². The maximum atomic E-state index is 12.8. The molecule has 0 fully saturated rings. The minimum Gasteiger partial charge on any atom is -0.366 e. The first-order chi connectivity index (χ1) is 14.4. The van der Waals surface area contributed by atoms with Crippen LogP contribution in [0.15, 0.2) is 82.4 Å². The van der Waals surface area contributed by atoms with Crippen molar-refractivity contribution in [3.05, 3.63) is 105 Å². The maximum absolute atomic E-state index is 12.8. The molecule has 0 unspecified atom stereocenters. The number of benzene rings is 3. The average molecular weight is 400 g/mol. The van der Waals surface area contributed by atoms with Gasteiger partial charge in [0.2, 0.25) is 5.91 Å². The van der Waals surface area contributed by atoms with Crippen molar-refractivity contribution in [3.8, 4) is 5.69 Å². The summed E-state index contributed by atoms with van der Waals surface area (Å²) in [6, 6.07) is 19.1. The van der Waals surface area contributed by atoms with Crippen LogP contribution in [0, 0.1) is 0 Å². The van der Waals surface area contributed by atoms with Crippen LogP contribution in [0.5, 0.6) is 0 Å². The predicted molar refractivity (Wildman–Crippen MR) is 113 cm³/mol. The molecule has 8 nitrogen and oxygen atoms in total. The normalized spacial score (nSPS) is 10.7. The number of primary amides is 1. The molecule has 2 amide bonds. The third-order valence-electron chi connectivity index (χ3n) is 4.60. The van der Waals surface area contributed by atoms with Crippen LogP contribution in [0.1, 0.15) is 20.7 Å². The Balaban J connectivity index is 1.68. The zero-order chi connectivity index (χ0) is 21.3. The molecule has 0 aliphatic heterocycles. The number of hydrogen-bond donors (Lipinski definition) is 3. The van der Waals surface area contributed by atoms with Crippen molar-refractivity contribution >= 4 is 28.4 Å². The Morgan fingerprint density at radius 1 is 0.867 bits per heavy atom. The molecule has 4 N–H and O–H groups in total. The molecule has 0 radical (unpaired) electrons. The molecule has 0 aliphatic carbocycles. The number of H-pyrrole nitrogens is 1. The summed E-state index contributed by atoms with van der Waals surface area (Å²) in [5, 5.41) is 2.97. The second-order valence-electron chi connectivity index (χ2n) is 6.56. The molecule has 0 spiro atoms. The highest BCUT2D eigenvalue weighted by Gasteiger charge is 2.13. The van der Waals surface area contributed by atoms with E-state index in [2.05, 4.69) is 10.3 Å². The number of aromatic nitrogens is 2. The fourth-order valence-electron chi connectivity index (χ4n) is 3.09. The van der Waals surface area contributed by atoms with Gasteiger partial charge >= 0.3 is 5.69 Å². The highest BCUT2D eigenvalue weighted by Crippen LogP contribution is 2.14. The summed E-state index contributed by atoms with van der Waals surface area (Å²) in [6.45, 7) is 0. The molecule has 1 aromatic heterocycles. The number of rotatable bonds is 4. The van der Waals surface area contributed by atoms with Gasteiger partial charge in [0.25, 0.3) is 11.5 Å². The van der Waals surface area contributed by atoms with E-state index in [0.717, 1.165) is 4.57 Å². The number of aromatic amines is 1. The van der Waals surface area contributed by atoms with Crippen LogP contribution in [0.25, 0.3) is 16.6 Å². The first-order valence-electron chi connectivity index (χ1n) is 9.00. The van der Waals surface area contributed by atoms with Gasteiger partial charge in [-0.15, -0.1) is 0 Å². The minimum absolute atomic E-state index is 0.258.